The molecule has 1 rings (SSSR count). The third-order valence-corrected chi connectivity index (χ3v) is 1.64. The van der Waals surface area contributed by atoms with Gasteiger partial charge >= 0.3 is 11.9 Å². The van der Waals surface area contributed by atoms with E-state index in [1.165, 1.54) is 13.8 Å². The molecule has 0 spiro atoms. The van der Waals surface area contributed by atoms with E-state index in [1.807, 2.05) is 0 Å². The van der Waals surface area contributed by atoms with Crippen molar-refractivity contribution in [3.8, 4) is 0 Å². The van der Waals surface area contributed by atoms with E-state index in [0.717, 1.165) is 0 Å². The summed E-state index contributed by atoms with van der Waals surface area (Å²) in [4.78, 5) is 21.1. The van der Waals surface area contributed by atoms with Gasteiger partial charge in [-0.1, -0.05) is 0 Å². The van der Waals surface area contributed by atoms with Crippen molar-refractivity contribution >= 4 is 11.9 Å². The van der Waals surface area contributed by atoms with Gasteiger partial charge in [-0.25, -0.2) is 0 Å². The Labute approximate surface area is 76.5 Å². The Hall–Kier alpha value is -1.32. The van der Waals surface area contributed by atoms with Crippen LogP contribution in [0.1, 0.15) is 20.3 Å². The van der Waals surface area contributed by atoms with E-state index in [4.69, 9.17) is 9.47 Å². The van der Waals surface area contributed by atoms with Crippen molar-refractivity contribution in [2.24, 2.45) is 0 Å². The summed E-state index contributed by atoms with van der Waals surface area (Å²) >= 11 is 0. The molecule has 4 heteroatoms. The Morgan fingerprint density at radius 2 is 1.46 bits per heavy atom. The molecule has 2 atom stereocenters. The van der Waals surface area contributed by atoms with Gasteiger partial charge in [-0.05, 0) is 12.2 Å². The summed E-state index contributed by atoms with van der Waals surface area (Å²) < 4.78 is 9.81. The fraction of sp³-hybridized carbons (Fsp3) is 0.556. The molecule has 72 valence electrons. The largest absolute Gasteiger partial charge is 0.458 e. The summed E-state index contributed by atoms with van der Waals surface area (Å²) in [5.41, 5.74) is 0. The molecule has 0 heterocycles. The highest BCUT2D eigenvalue weighted by Gasteiger charge is 2.22. The molecule has 4 nitrogen and oxygen atoms in total. The zero-order chi connectivity index (χ0) is 9.84. The number of esters is 2. The first-order valence-electron chi connectivity index (χ1n) is 4.10. The number of rotatable bonds is 2. The van der Waals surface area contributed by atoms with Crippen LogP contribution in [0.25, 0.3) is 0 Å². The van der Waals surface area contributed by atoms with Gasteiger partial charge < -0.3 is 9.47 Å². The number of ether oxygens (including phenoxy) is 2. The molecule has 1 aliphatic rings. The van der Waals surface area contributed by atoms with E-state index < -0.39 is 0 Å². The van der Waals surface area contributed by atoms with Crippen molar-refractivity contribution in [3.63, 3.8) is 0 Å². The molecule has 0 bridgehead atoms. The molecule has 0 N–H and O–H groups in total. The Kier molecular flexibility index (Phi) is 3.06. The maximum absolute atomic E-state index is 10.6. The zero-order valence-corrected chi connectivity index (χ0v) is 7.65. The highest BCUT2D eigenvalue weighted by molar-refractivity contribution is 5.67. The summed E-state index contributed by atoms with van der Waals surface area (Å²) in [6.45, 7) is 2.71. The van der Waals surface area contributed by atoms with Crippen LogP contribution >= 0.6 is 0 Å². The van der Waals surface area contributed by atoms with Crippen LogP contribution in [-0.4, -0.2) is 24.1 Å². The fourth-order valence-electron chi connectivity index (χ4n) is 1.24. The van der Waals surface area contributed by atoms with Crippen LogP contribution in [0, 0.1) is 0 Å². The predicted octanol–water partition coefficient (Wildman–Crippen LogP) is 0.810. The van der Waals surface area contributed by atoms with Gasteiger partial charge in [0.05, 0.1) is 0 Å². The molecule has 0 aromatic carbocycles. The van der Waals surface area contributed by atoms with Crippen molar-refractivity contribution in [2.45, 2.75) is 32.5 Å². The standard InChI is InChI=1S/C9H12O4/c1-6(10)12-8-3-4-9(5-8)13-7(2)11/h3-4,8-9H,5H2,1-2H3/t8-,9-/m1/s1. The molecule has 0 aromatic rings. The lowest BCUT2D eigenvalue weighted by Gasteiger charge is -2.11. The zero-order valence-electron chi connectivity index (χ0n) is 7.65. The highest BCUT2D eigenvalue weighted by Crippen LogP contribution is 2.17. The molecular weight excluding hydrogens is 172 g/mol. The molecule has 0 amide bonds. The number of carbonyl (C=O) groups excluding carboxylic acids is 2. The van der Waals surface area contributed by atoms with Gasteiger partial charge in [-0.15, -0.1) is 0 Å². The lowest BCUT2D eigenvalue weighted by Crippen LogP contribution is -2.17. The quantitative estimate of drug-likeness (QED) is 0.470. The van der Waals surface area contributed by atoms with E-state index in [0.29, 0.717) is 6.42 Å². The Balaban J connectivity index is 2.33. The van der Waals surface area contributed by atoms with Gasteiger partial charge in [0.25, 0.3) is 0 Å². The molecule has 0 saturated carbocycles. The maximum atomic E-state index is 10.6. The number of hydrogen-bond acceptors (Lipinski definition) is 4. The van der Waals surface area contributed by atoms with E-state index >= 15 is 0 Å². The normalized spacial score (nSPS) is 25.7. The average Bonchev–Trinajstić information content (AvgIpc) is 2.33. The van der Waals surface area contributed by atoms with Crippen LogP contribution in [0.15, 0.2) is 12.2 Å². The minimum absolute atomic E-state index is 0.248. The van der Waals surface area contributed by atoms with Crippen molar-refractivity contribution in [1.29, 1.82) is 0 Å². The predicted molar refractivity (Wildman–Crippen MR) is 44.9 cm³/mol. The monoisotopic (exact) mass is 184 g/mol. The van der Waals surface area contributed by atoms with E-state index in [9.17, 15) is 9.59 Å². The first kappa shape index (κ1) is 9.77. The SMILES string of the molecule is CC(=O)O[C@@H]1C=C[C@@H](OC(C)=O)C1. The number of hydrogen-bond donors (Lipinski definition) is 0. The van der Waals surface area contributed by atoms with Gasteiger partial charge in [0.1, 0.15) is 12.2 Å². The summed E-state index contributed by atoms with van der Waals surface area (Å²) in [7, 11) is 0. The molecule has 0 fully saturated rings. The highest BCUT2D eigenvalue weighted by atomic mass is 16.6. The second-order valence-electron chi connectivity index (χ2n) is 2.92. The molecule has 13 heavy (non-hydrogen) atoms. The van der Waals surface area contributed by atoms with Gasteiger partial charge in [-0.2, -0.15) is 0 Å². The van der Waals surface area contributed by atoms with E-state index in [2.05, 4.69) is 0 Å². The van der Waals surface area contributed by atoms with Crippen LogP contribution in [0.5, 0.6) is 0 Å². The van der Waals surface area contributed by atoms with E-state index in [1.54, 1.807) is 12.2 Å². The van der Waals surface area contributed by atoms with Crippen LogP contribution in [0.2, 0.25) is 0 Å². The molecule has 0 unspecified atom stereocenters. The molecule has 0 radical (unpaired) electrons. The first-order valence-corrected chi connectivity index (χ1v) is 4.10. The van der Waals surface area contributed by atoms with Crippen LogP contribution in [-0.2, 0) is 19.1 Å². The summed E-state index contributed by atoms with van der Waals surface area (Å²) in [6, 6.07) is 0. The topological polar surface area (TPSA) is 52.6 Å². The van der Waals surface area contributed by atoms with Gasteiger partial charge in [0, 0.05) is 20.3 Å². The van der Waals surface area contributed by atoms with Crippen molar-refractivity contribution < 1.29 is 19.1 Å². The van der Waals surface area contributed by atoms with Gasteiger partial charge in [0.15, 0.2) is 0 Å². The molecule has 0 aliphatic heterocycles. The molecule has 1 aliphatic carbocycles. The summed E-state index contributed by atoms with van der Waals surface area (Å²) in [5, 5.41) is 0. The lowest BCUT2D eigenvalue weighted by molar-refractivity contribution is -0.147. The van der Waals surface area contributed by atoms with Crippen LogP contribution < -0.4 is 0 Å². The Morgan fingerprint density at radius 1 is 1.08 bits per heavy atom. The minimum atomic E-state index is -0.321. The first-order chi connectivity index (χ1) is 6.08. The average molecular weight is 184 g/mol. The number of carbonyl (C=O) groups is 2. The lowest BCUT2D eigenvalue weighted by atomic mass is 10.3. The van der Waals surface area contributed by atoms with Crippen LogP contribution in [0.3, 0.4) is 0 Å². The summed E-state index contributed by atoms with van der Waals surface area (Å²) in [6.07, 6.45) is 3.49. The summed E-state index contributed by atoms with van der Waals surface area (Å²) in [5.74, 6) is -0.642. The Morgan fingerprint density at radius 3 is 1.77 bits per heavy atom. The third kappa shape index (κ3) is 3.27. The van der Waals surface area contributed by atoms with Crippen molar-refractivity contribution in [3.05, 3.63) is 12.2 Å². The molecular formula is C9H12O4. The minimum Gasteiger partial charge on any atom is -0.458 e. The van der Waals surface area contributed by atoms with Gasteiger partial charge in [0.2, 0.25) is 0 Å². The second kappa shape index (κ2) is 4.07. The van der Waals surface area contributed by atoms with Crippen LogP contribution in [0.4, 0.5) is 0 Å². The third-order valence-electron chi connectivity index (χ3n) is 1.64. The Bertz CT molecular complexity index is 220. The van der Waals surface area contributed by atoms with Crippen molar-refractivity contribution in [1.82, 2.24) is 0 Å². The van der Waals surface area contributed by atoms with E-state index in [-0.39, 0.29) is 24.1 Å². The maximum Gasteiger partial charge on any atom is 0.303 e. The van der Waals surface area contributed by atoms with Crippen molar-refractivity contribution in [2.75, 3.05) is 0 Å². The smallest absolute Gasteiger partial charge is 0.303 e. The second-order valence-corrected chi connectivity index (χ2v) is 2.92. The molecule has 0 aromatic heterocycles. The van der Waals surface area contributed by atoms with Gasteiger partial charge in [-0.3, -0.25) is 9.59 Å². The molecule has 0 saturated heterocycles. The fourth-order valence-corrected chi connectivity index (χ4v) is 1.24.